The Labute approximate surface area is 169 Å². The second-order valence-electron chi connectivity index (χ2n) is 6.63. The van der Waals surface area contributed by atoms with Crippen LogP contribution in [-0.2, 0) is 4.79 Å². The zero-order valence-corrected chi connectivity index (χ0v) is 16.7. The minimum absolute atomic E-state index is 0.0481. The summed E-state index contributed by atoms with van der Waals surface area (Å²) in [6.07, 6.45) is 1.62. The van der Waals surface area contributed by atoms with Gasteiger partial charge in [-0.25, -0.2) is 0 Å². The minimum atomic E-state index is -0.432. The highest BCUT2D eigenvalue weighted by Gasteiger charge is 2.14. The van der Waals surface area contributed by atoms with E-state index in [0.717, 1.165) is 28.2 Å². The number of nitriles is 1. The molecule has 0 saturated heterocycles. The highest BCUT2D eigenvalue weighted by molar-refractivity contribution is 6.30. The molecule has 1 amide bonds. The van der Waals surface area contributed by atoms with Crippen LogP contribution in [0.2, 0.25) is 5.02 Å². The molecule has 0 aliphatic carbocycles. The topological polar surface area (TPSA) is 57.8 Å². The molecule has 0 bridgehead atoms. The number of aryl methyl sites for hydroxylation is 2. The van der Waals surface area contributed by atoms with Crippen LogP contribution < -0.4 is 5.32 Å². The number of carbonyl (C=O) groups excluding carboxylic acids is 1. The van der Waals surface area contributed by atoms with Crippen molar-refractivity contribution in [1.82, 2.24) is 4.57 Å². The maximum absolute atomic E-state index is 12.5. The zero-order chi connectivity index (χ0) is 20.3. The van der Waals surface area contributed by atoms with Crippen molar-refractivity contribution in [2.45, 2.75) is 20.8 Å². The Hall–Kier alpha value is -3.29. The van der Waals surface area contributed by atoms with Gasteiger partial charge in [0.1, 0.15) is 11.6 Å². The van der Waals surface area contributed by atoms with Crippen molar-refractivity contribution in [3.8, 4) is 11.8 Å². The molecule has 4 nitrogen and oxygen atoms in total. The van der Waals surface area contributed by atoms with Crippen LogP contribution in [0.1, 0.15) is 22.5 Å². The van der Waals surface area contributed by atoms with Gasteiger partial charge in [-0.1, -0.05) is 35.4 Å². The summed E-state index contributed by atoms with van der Waals surface area (Å²) in [5.74, 6) is -0.432. The molecular weight excluding hydrogens is 370 g/mol. The normalized spacial score (nSPS) is 11.2. The average molecular weight is 390 g/mol. The molecule has 3 rings (SSSR count). The Morgan fingerprint density at radius 2 is 1.82 bits per heavy atom. The molecule has 0 atom stereocenters. The third kappa shape index (κ3) is 4.16. The van der Waals surface area contributed by atoms with Gasteiger partial charge in [0.25, 0.3) is 5.91 Å². The van der Waals surface area contributed by atoms with Gasteiger partial charge in [0, 0.05) is 27.8 Å². The Bertz CT molecular complexity index is 1100. The summed E-state index contributed by atoms with van der Waals surface area (Å²) < 4.78 is 2.05. The highest BCUT2D eigenvalue weighted by Crippen LogP contribution is 2.24. The lowest BCUT2D eigenvalue weighted by Crippen LogP contribution is -2.13. The number of hydrogen-bond acceptors (Lipinski definition) is 2. The Kier molecular flexibility index (Phi) is 5.67. The number of carbonyl (C=O) groups is 1. The first-order valence-electron chi connectivity index (χ1n) is 8.83. The Morgan fingerprint density at radius 3 is 2.46 bits per heavy atom. The molecule has 0 unspecified atom stereocenters. The predicted molar refractivity (Wildman–Crippen MR) is 114 cm³/mol. The number of aromatic nitrogens is 1. The summed E-state index contributed by atoms with van der Waals surface area (Å²) in [4.78, 5) is 12.5. The summed E-state index contributed by atoms with van der Waals surface area (Å²) in [5, 5.41) is 12.9. The van der Waals surface area contributed by atoms with Gasteiger partial charge in [-0.15, -0.1) is 0 Å². The number of hydrogen-bond donors (Lipinski definition) is 1. The van der Waals surface area contributed by atoms with Crippen molar-refractivity contribution < 1.29 is 4.79 Å². The second kappa shape index (κ2) is 8.16. The fourth-order valence-electron chi connectivity index (χ4n) is 3.09. The van der Waals surface area contributed by atoms with Crippen molar-refractivity contribution in [3.63, 3.8) is 0 Å². The van der Waals surface area contributed by atoms with E-state index in [1.807, 2.05) is 86.0 Å². The molecule has 140 valence electrons. The molecule has 0 spiro atoms. The van der Waals surface area contributed by atoms with E-state index in [-0.39, 0.29) is 5.57 Å². The third-order valence-corrected chi connectivity index (χ3v) is 4.75. The molecule has 0 saturated carbocycles. The van der Waals surface area contributed by atoms with Gasteiger partial charge in [0.2, 0.25) is 0 Å². The summed E-state index contributed by atoms with van der Waals surface area (Å²) in [5.41, 5.74) is 5.46. The van der Waals surface area contributed by atoms with E-state index in [1.54, 1.807) is 6.08 Å². The van der Waals surface area contributed by atoms with Crippen LogP contribution in [0.5, 0.6) is 0 Å². The first-order chi connectivity index (χ1) is 13.4. The average Bonchev–Trinajstić information content (AvgIpc) is 2.94. The standard InChI is InChI=1S/C23H20ClN3O/c1-15-7-9-21(10-8-15)26-23(28)19(14-25)12-18-11-16(2)27(17(18)3)22-6-4-5-20(24)13-22/h4-13H,1-3H3,(H,26,28). The van der Waals surface area contributed by atoms with Crippen LogP contribution in [0.25, 0.3) is 11.8 Å². The minimum Gasteiger partial charge on any atom is -0.321 e. The lowest BCUT2D eigenvalue weighted by Gasteiger charge is -2.10. The monoisotopic (exact) mass is 389 g/mol. The predicted octanol–water partition coefficient (Wildman–Crippen LogP) is 5.60. The fourth-order valence-corrected chi connectivity index (χ4v) is 3.27. The molecule has 3 aromatic rings. The van der Waals surface area contributed by atoms with Gasteiger partial charge in [-0.3, -0.25) is 4.79 Å². The van der Waals surface area contributed by atoms with E-state index < -0.39 is 5.91 Å². The van der Waals surface area contributed by atoms with Crippen molar-refractivity contribution in [3.05, 3.63) is 87.7 Å². The fraction of sp³-hybridized carbons (Fsp3) is 0.130. The van der Waals surface area contributed by atoms with Crippen LogP contribution in [0, 0.1) is 32.1 Å². The molecule has 0 aliphatic rings. The number of rotatable bonds is 4. The maximum atomic E-state index is 12.5. The Morgan fingerprint density at radius 1 is 1.11 bits per heavy atom. The van der Waals surface area contributed by atoms with Gasteiger partial charge in [0.15, 0.2) is 0 Å². The number of nitrogens with one attached hydrogen (secondary N) is 1. The molecule has 1 heterocycles. The summed E-state index contributed by atoms with van der Waals surface area (Å²) in [7, 11) is 0. The van der Waals surface area contributed by atoms with Crippen LogP contribution >= 0.6 is 11.6 Å². The van der Waals surface area contributed by atoms with E-state index in [9.17, 15) is 10.1 Å². The maximum Gasteiger partial charge on any atom is 0.266 e. The van der Waals surface area contributed by atoms with Gasteiger partial charge in [-0.2, -0.15) is 5.26 Å². The quantitative estimate of drug-likeness (QED) is 0.466. The molecule has 5 heteroatoms. The number of nitrogens with zero attached hydrogens (tertiary/aromatic N) is 2. The lowest BCUT2D eigenvalue weighted by atomic mass is 10.1. The molecule has 28 heavy (non-hydrogen) atoms. The van der Waals surface area contributed by atoms with Crippen LogP contribution in [0.3, 0.4) is 0 Å². The van der Waals surface area contributed by atoms with Crippen LogP contribution in [-0.4, -0.2) is 10.5 Å². The number of amides is 1. The Balaban J connectivity index is 1.93. The molecule has 1 aromatic heterocycles. The van der Waals surface area contributed by atoms with E-state index in [2.05, 4.69) is 5.32 Å². The zero-order valence-electron chi connectivity index (χ0n) is 16.0. The highest BCUT2D eigenvalue weighted by atomic mass is 35.5. The SMILES string of the molecule is Cc1ccc(NC(=O)C(C#N)=Cc2cc(C)n(-c3cccc(Cl)c3)c2C)cc1. The largest absolute Gasteiger partial charge is 0.321 e. The van der Waals surface area contributed by atoms with Crippen molar-refractivity contribution in [2.75, 3.05) is 5.32 Å². The first-order valence-corrected chi connectivity index (χ1v) is 9.21. The number of halogens is 1. The number of benzene rings is 2. The second-order valence-corrected chi connectivity index (χ2v) is 7.07. The van der Waals surface area contributed by atoms with Gasteiger partial charge < -0.3 is 9.88 Å². The third-order valence-electron chi connectivity index (χ3n) is 4.51. The molecule has 2 aromatic carbocycles. The summed E-state index contributed by atoms with van der Waals surface area (Å²) in [6.45, 7) is 5.90. The lowest BCUT2D eigenvalue weighted by molar-refractivity contribution is -0.112. The van der Waals surface area contributed by atoms with Gasteiger partial charge in [0.05, 0.1) is 0 Å². The van der Waals surface area contributed by atoms with E-state index in [1.165, 1.54) is 0 Å². The van der Waals surface area contributed by atoms with E-state index in [4.69, 9.17) is 11.6 Å². The van der Waals surface area contributed by atoms with Crippen molar-refractivity contribution in [1.29, 1.82) is 5.26 Å². The van der Waals surface area contributed by atoms with E-state index >= 15 is 0 Å². The first kappa shape index (κ1) is 19.5. The van der Waals surface area contributed by atoms with Crippen LogP contribution in [0.4, 0.5) is 5.69 Å². The summed E-state index contributed by atoms with van der Waals surface area (Å²) >= 11 is 6.12. The molecular formula is C23H20ClN3O. The number of anilines is 1. The van der Waals surface area contributed by atoms with Gasteiger partial charge >= 0.3 is 0 Å². The summed E-state index contributed by atoms with van der Waals surface area (Å²) in [6, 6.07) is 19.0. The molecule has 0 radical (unpaired) electrons. The van der Waals surface area contributed by atoms with Crippen LogP contribution in [0.15, 0.2) is 60.2 Å². The van der Waals surface area contributed by atoms with Crippen molar-refractivity contribution in [2.24, 2.45) is 0 Å². The molecule has 0 fully saturated rings. The van der Waals surface area contributed by atoms with Crippen molar-refractivity contribution >= 4 is 29.3 Å². The van der Waals surface area contributed by atoms with E-state index in [0.29, 0.717) is 10.7 Å². The molecule has 0 aliphatic heterocycles. The smallest absolute Gasteiger partial charge is 0.266 e. The molecule has 1 N–H and O–H groups in total. The van der Waals surface area contributed by atoms with Gasteiger partial charge in [-0.05, 0) is 68.8 Å².